The third-order valence-corrected chi connectivity index (χ3v) is 5.57. The zero-order valence-electron chi connectivity index (χ0n) is 10.3. The molecule has 2 N–H and O–H groups in total. The van der Waals surface area contributed by atoms with E-state index in [-0.39, 0.29) is 6.04 Å². The van der Waals surface area contributed by atoms with Crippen LogP contribution in [0.3, 0.4) is 0 Å². The van der Waals surface area contributed by atoms with Crippen molar-refractivity contribution < 1.29 is 8.42 Å². The Labute approximate surface area is 104 Å². The highest BCUT2D eigenvalue weighted by Gasteiger charge is 2.36. The summed E-state index contributed by atoms with van der Waals surface area (Å²) in [6, 6.07) is 1.88. The number of nitriles is 1. The molecule has 0 aromatic rings. The van der Waals surface area contributed by atoms with Crippen LogP contribution in [0.2, 0.25) is 0 Å². The van der Waals surface area contributed by atoms with Crippen LogP contribution in [-0.4, -0.2) is 37.1 Å². The number of hydrogen-bond donors (Lipinski definition) is 1. The van der Waals surface area contributed by atoms with Crippen molar-refractivity contribution in [3.05, 3.63) is 0 Å². The lowest BCUT2D eigenvalue weighted by atomic mass is 10.0. The van der Waals surface area contributed by atoms with E-state index in [1.807, 2.05) is 6.07 Å². The number of nitrogens with two attached hydrogens (primary N) is 1. The molecule has 2 atom stereocenters. The minimum atomic E-state index is -3.48. The highest BCUT2D eigenvalue weighted by Crippen LogP contribution is 2.25. The number of nitrogens with zero attached hydrogens (tertiary/aromatic N) is 2. The van der Waals surface area contributed by atoms with Gasteiger partial charge in [-0.05, 0) is 32.2 Å². The van der Waals surface area contributed by atoms with Gasteiger partial charge in [-0.1, -0.05) is 13.3 Å². The van der Waals surface area contributed by atoms with Gasteiger partial charge in [0.1, 0.15) is 0 Å². The van der Waals surface area contributed by atoms with Crippen molar-refractivity contribution in [2.24, 2.45) is 5.73 Å². The molecule has 1 heterocycles. The summed E-state index contributed by atoms with van der Waals surface area (Å²) in [7, 11) is -3.48. The van der Waals surface area contributed by atoms with Gasteiger partial charge >= 0.3 is 0 Å². The Hall–Kier alpha value is -0.640. The molecular weight excluding hydrogens is 238 g/mol. The van der Waals surface area contributed by atoms with Gasteiger partial charge in [-0.25, -0.2) is 8.42 Å². The van der Waals surface area contributed by atoms with E-state index in [4.69, 9.17) is 11.0 Å². The Morgan fingerprint density at radius 1 is 1.53 bits per heavy atom. The van der Waals surface area contributed by atoms with Crippen LogP contribution in [0.25, 0.3) is 0 Å². The quantitative estimate of drug-likeness (QED) is 0.792. The van der Waals surface area contributed by atoms with E-state index in [9.17, 15) is 8.42 Å². The SMILES string of the molecule is CCC(C#N)S(=O)(=O)N1CCCCC1CCN. The van der Waals surface area contributed by atoms with Gasteiger partial charge in [0.2, 0.25) is 10.0 Å². The molecule has 0 radical (unpaired) electrons. The van der Waals surface area contributed by atoms with Crippen LogP contribution in [-0.2, 0) is 10.0 Å². The fourth-order valence-corrected chi connectivity index (χ4v) is 4.21. The molecule has 2 unspecified atom stereocenters. The van der Waals surface area contributed by atoms with Crippen molar-refractivity contribution in [2.45, 2.75) is 50.3 Å². The zero-order valence-corrected chi connectivity index (χ0v) is 11.1. The Balaban J connectivity index is 2.91. The Morgan fingerprint density at radius 3 is 2.76 bits per heavy atom. The summed E-state index contributed by atoms with van der Waals surface area (Å²) in [5, 5.41) is 8.01. The highest BCUT2D eigenvalue weighted by molar-refractivity contribution is 7.90. The number of rotatable bonds is 5. The summed E-state index contributed by atoms with van der Waals surface area (Å²) in [6.07, 6.45) is 3.80. The van der Waals surface area contributed by atoms with Gasteiger partial charge < -0.3 is 5.73 Å². The standard InChI is InChI=1S/C11H21N3O2S/c1-2-11(9-13)17(15,16)14-8-4-3-5-10(14)6-7-12/h10-11H,2-8,12H2,1H3. The average molecular weight is 259 g/mol. The van der Waals surface area contributed by atoms with Crippen molar-refractivity contribution in [2.75, 3.05) is 13.1 Å². The molecule has 0 amide bonds. The van der Waals surface area contributed by atoms with E-state index < -0.39 is 15.3 Å². The summed E-state index contributed by atoms with van der Waals surface area (Å²) in [4.78, 5) is 0. The van der Waals surface area contributed by atoms with E-state index in [1.165, 1.54) is 4.31 Å². The van der Waals surface area contributed by atoms with Crippen LogP contribution in [0.5, 0.6) is 0 Å². The van der Waals surface area contributed by atoms with Crippen LogP contribution < -0.4 is 5.73 Å². The first-order valence-corrected chi connectivity index (χ1v) is 7.68. The molecule has 1 aliphatic heterocycles. The molecule has 1 fully saturated rings. The Bertz CT molecular complexity index is 373. The molecule has 98 valence electrons. The molecule has 0 aromatic carbocycles. The Morgan fingerprint density at radius 2 is 2.24 bits per heavy atom. The maximum absolute atomic E-state index is 12.3. The second-order valence-electron chi connectivity index (χ2n) is 4.41. The van der Waals surface area contributed by atoms with Crippen molar-refractivity contribution in [1.82, 2.24) is 4.31 Å². The molecule has 0 saturated carbocycles. The minimum absolute atomic E-state index is 0.0128. The third-order valence-electron chi connectivity index (χ3n) is 3.27. The average Bonchev–Trinajstić information content (AvgIpc) is 2.31. The first-order chi connectivity index (χ1) is 8.07. The number of hydrogen-bond acceptors (Lipinski definition) is 4. The monoisotopic (exact) mass is 259 g/mol. The lowest BCUT2D eigenvalue weighted by Crippen LogP contribution is -2.48. The predicted octanol–water partition coefficient (Wildman–Crippen LogP) is 0.822. The van der Waals surface area contributed by atoms with Crippen molar-refractivity contribution in [3.8, 4) is 6.07 Å². The van der Waals surface area contributed by atoms with Gasteiger partial charge in [0.25, 0.3) is 0 Å². The molecule has 0 aromatic heterocycles. The van der Waals surface area contributed by atoms with Crippen molar-refractivity contribution >= 4 is 10.0 Å². The smallest absolute Gasteiger partial charge is 0.230 e. The summed E-state index contributed by atoms with van der Waals surface area (Å²) in [6.45, 7) is 2.75. The van der Waals surface area contributed by atoms with Crippen LogP contribution in [0, 0.1) is 11.3 Å². The van der Waals surface area contributed by atoms with Gasteiger partial charge in [0.05, 0.1) is 6.07 Å². The number of sulfonamides is 1. The largest absolute Gasteiger partial charge is 0.330 e. The minimum Gasteiger partial charge on any atom is -0.330 e. The maximum Gasteiger partial charge on any atom is 0.230 e. The van der Waals surface area contributed by atoms with Gasteiger partial charge in [-0.15, -0.1) is 0 Å². The molecule has 1 saturated heterocycles. The van der Waals surface area contributed by atoms with Crippen LogP contribution in [0.15, 0.2) is 0 Å². The van der Waals surface area contributed by atoms with Gasteiger partial charge in [-0.2, -0.15) is 9.57 Å². The van der Waals surface area contributed by atoms with Crippen LogP contribution >= 0.6 is 0 Å². The normalized spacial score (nSPS) is 24.2. The molecule has 1 aliphatic rings. The van der Waals surface area contributed by atoms with Gasteiger partial charge in [0, 0.05) is 12.6 Å². The number of piperidine rings is 1. The molecule has 17 heavy (non-hydrogen) atoms. The molecule has 0 spiro atoms. The first-order valence-electron chi connectivity index (χ1n) is 6.18. The fraction of sp³-hybridized carbons (Fsp3) is 0.909. The molecular formula is C11H21N3O2S. The molecule has 0 aliphatic carbocycles. The third kappa shape index (κ3) is 3.18. The molecule has 6 heteroatoms. The van der Waals surface area contributed by atoms with Crippen molar-refractivity contribution in [3.63, 3.8) is 0 Å². The zero-order chi connectivity index (χ0) is 12.9. The lowest BCUT2D eigenvalue weighted by molar-refractivity contribution is 0.242. The van der Waals surface area contributed by atoms with Crippen LogP contribution in [0.4, 0.5) is 0 Å². The summed E-state index contributed by atoms with van der Waals surface area (Å²) >= 11 is 0. The van der Waals surface area contributed by atoms with Crippen LogP contribution in [0.1, 0.15) is 39.0 Å². The molecule has 5 nitrogen and oxygen atoms in total. The fourth-order valence-electron chi connectivity index (χ4n) is 2.32. The van der Waals surface area contributed by atoms with Gasteiger partial charge in [-0.3, -0.25) is 0 Å². The van der Waals surface area contributed by atoms with Crippen molar-refractivity contribution in [1.29, 1.82) is 5.26 Å². The van der Waals surface area contributed by atoms with E-state index in [1.54, 1.807) is 6.92 Å². The predicted molar refractivity (Wildman–Crippen MR) is 66.6 cm³/mol. The first kappa shape index (κ1) is 14.4. The lowest BCUT2D eigenvalue weighted by Gasteiger charge is -2.35. The Kier molecular flexibility index (Phi) is 5.37. The maximum atomic E-state index is 12.3. The summed E-state index contributed by atoms with van der Waals surface area (Å²) in [5.41, 5.74) is 5.52. The van der Waals surface area contributed by atoms with E-state index in [2.05, 4.69) is 0 Å². The molecule has 1 rings (SSSR count). The van der Waals surface area contributed by atoms with Gasteiger partial charge in [0.15, 0.2) is 5.25 Å². The molecule has 0 bridgehead atoms. The van der Waals surface area contributed by atoms with E-state index in [0.29, 0.717) is 25.9 Å². The topological polar surface area (TPSA) is 87.2 Å². The van der Waals surface area contributed by atoms with E-state index in [0.717, 1.165) is 19.3 Å². The second-order valence-corrected chi connectivity index (χ2v) is 6.48. The van der Waals surface area contributed by atoms with E-state index >= 15 is 0 Å². The highest BCUT2D eigenvalue weighted by atomic mass is 32.2. The summed E-state index contributed by atoms with van der Waals surface area (Å²) < 4.78 is 26.1. The second kappa shape index (κ2) is 6.34. The summed E-state index contributed by atoms with van der Waals surface area (Å²) in [5.74, 6) is 0.